The first kappa shape index (κ1) is 16.4. The van der Waals surface area contributed by atoms with E-state index >= 15 is 0 Å². The molecule has 2 aromatic heterocycles. The van der Waals surface area contributed by atoms with Gasteiger partial charge in [-0.2, -0.15) is 13.2 Å². The molecule has 1 N–H and O–H groups in total. The van der Waals surface area contributed by atoms with Gasteiger partial charge in [0.2, 0.25) is 0 Å². The second kappa shape index (κ2) is 6.21. The molecule has 0 saturated heterocycles. The van der Waals surface area contributed by atoms with Crippen LogP contribution in [0.1, 0.15) is 46.3 Å². The van der Waals surface area contributed by atoms with E-state index in [9.17, 15) is 18.0 Å². The van der Waals surface area contributed by atoms with Gasteiger partial charge in [0.25, 0.3) is 5.91 Å². The maximum Gasteiger partial charge on any atom is 0.433 e. The van der Waals surface area contributed by atoms with E-state index < -0.39 is 17.8 Å². The molecule has 0 aromatic carbocycles. The summed E-state index contributed by atoms with van der Waals surface area (Å²) < 4.78 is 39.7. The lowest BCUT2D eigenvalue weighted by atomic mass is 10.1. The van der Waals surface area contributed by atoms with E-state index in [0.717, 1.165) is 30.8 Å². The molecule has 128 valence electrons. The molecule has 3 rings (SSSR count). The van der Waals surface area contributed by atoms with Crippen LogP contribution >= 0.6 is 0 Å². The quantitative estimate of drug-likeness (QED) is 0.907. The molecule has 0 radical (unpaired) electrons. The Labute approximate surface area is 136 Å². The van der Waals surface area contributed by atoms with E-state index in [4.69, 9.17) is 0 Å². The van der Waals surface area contributed by atoms with E-state index in [1.807, 2.05) is 4.57 Å². The SMILES string of the molecule is Cc1nc(C(F)(F)F)ccc1C(=O)NCCn1cnnc1C1CC1. The monoisotopic (exact) mass is 339 g/mol. The molecular weight excluding hydrogens is 323 g/mol. The standard InChI is InChI=1S/C15H16F3N5O/c1-9-11(4-5-12(21-9)15(16,17)18)14(24)19-6-7-23-8-20-22-13(23)10-2-3-10/h4-5,8,10H,2-3,6-7H2,1H3,(H,19,24). The number of pyridine rings is 1. The number of nitrogens with one attached hydrogen (secondary N) is 1. The highest BCUT2D eigenvalue weighted by atomic mass is 19.4. The molecule has 0 atom stereocenters. The van der Waals surface area contributed by atoms with Crippen LogP contribution in [0.4, 0.5) is 13.2 Å². The van der Waals surface area contributed by atoms with Crippen LogP contribution in [0, 0.1) is 6.92 Å². The number of carbonyl (C=O) groups excluding carboxylic acids is 1. The fourth-order valence-corrected chi connectivity index (χ4v) is 2.44. The van der Waals surface area contributed by atoms with Gasteiger partial charge in [-0.15, -0.1) is 10.2 Å². The molecule has 1 amide bonds. The molecule has 2 aromatic rings. The van der Waals surface area contributed by atoms with Crippen molar-refractivity contribution < 1.29 is 18.0 Å². The van der Waals surface area contributed by atoms with Crippen LogP contribution < -0.4 is 5.32 Å². The van der Waals surface area contributed by atoms with Gasteiger partial charge in [-0.05, 0) is 31.9 Å². The average molecular weight is 339 g/mol. The van der Waals surface area contributed by atoms with Crippen molar-refractivity contribution in [3.8, 4) is 0 Å². The van der Waals surface area contributed by atoms with Crippen molar-refractivity contribution in [2.24, 2.45) is 0 Å². The maximum absolute atomic E-state index is 12.6. The summed E-state index contributed by atoms with van der Waals surface area (Å²) in [6.07, 6.45) is -0.707. The lowest BCUT2D eigenvalue weighted by Gasteiger charge is -2.11. The first-order valence-corrected chi connectivity index (χ1v) is 7.57. The van der Waals surface area contributed by atoms with Crippen LogP contribution in [0.25, 0.3) is 0 Å². The predicted octanol–water partition coefficient (Wildman–Crippen LogP) is 2.31. The number of rotatable bonds is 5. The first-order chi connectivity index (χ1) is 11.4. The number of hydrogen-bond donors (Lipinski definition) is 1. The molecule has 0 unspecified atom stereocenters. The zero-order chi connectivity index (χ0) is 17.3. The number of aromatic nitrogens is 4. The van der Waals surface area contributed by atoms with Gasteiger partial charge < -0.3 is 9.88 Å². The van der Waals surface area contributed by atoms with Gasteiger partial charge in [0.15, 0.2) is 0 Å². The van der Waals surface area contributed by atoms with Crippen molar-refractivity contribution in [2.75, 3.05) is 6.54 Å². The summed E-state index contributed by atoms with van der Waals surface area (Å²) in [4.78, 5) is 15.6. The number of aryl methyl sites for hydroxylation is 1. The van der Waals surface area contributed by atoms with E-state index in [1.165, 1.54) is 6.92 Å². The Hall–Kier alpha value is -2.45. The van der Waals surface area contributed by atoms with Crippen LogP contribution in [0.3, 0.4) is 0 Å². The third kappa shape index (κ3) is 3.55. The number of amides is 1. The smallest absolute Gasteiger partial charge is 0.350 e. The third-order valence-corrected chi connectivity index (χ3v) is 3.85. The molecule has 1 fully saturated rings. The Bertz CT molecular complexity index is 752. The zero-order valence-electron chi connectivity index (χ0n) is 13.0. The highest BCUT2D eigenvalue weighted by molar-refractivity contribution is 5.95. The molecule has 2 heterocycles. The average Bonchev–Trinajstić information content (AvgIpc) is 3.25. The molecule has 1 saturated carbocycles. The molecule has 24 heavy (non-hydrogen) atoms. The van der Waals surface area contributed by atoms with Gasteiger partial charge >= 0.3 is 6.18 Å². The van der Waals surface area contributed by atoms with Gasteiger partial charge in [-0.1, -0.05) is 0 Å². The molecule has 6 nitrogen and oxygen atoms in total. The number of halogens is 3. The van der Waals surface area contributed by atoms with Gasteiger partial charge in [0.05, 0.1) is 11.3 Å². The Morgan fingerprint density at radius 1 is 1.38 bits per heavy atom. The molecule has 1 aliphatic carbocycles. The highest BCUT2D eigenvalue weighted by Crippen LogP contribution is 2.38. The summed E-state index contributed by atoms with van der Waals surface area (Å²) in [5, 5.41) is 10.6. The van der Waals surface area contributed by atoms with E-state index in [0.29, 0.717) is 19.0 Å². The Kier molecular flexibility index (Phi) is 4.25. The third-order valence-electron chi connectivity index (χ3n) is 3.85. The summed E-state index contributed by atoms with van der Waals surface area (Å²) >= 11 is 0. The molecule has 1 aliphatic rings. The second-order valence-corrected chi connectivity index (χ2v) is 5.74. The van der Waals surface area contributed by atoms with E-state index in [2.05, 4.69) is 20.5 Å². The molecule has 0 bridgehead atoms. The number of alkyl halides is 3. The number of nitrogens with zero attached hydrogens (tertiary/aromatic N) is 4. The fourth-order valence-electron chi connectivity index (χ4n) is 2.44. The summed E-state index contributed by atoms with van der Waals surface area (Å²) in [6, 6.07) is 1.96. The van der Waals surface area contributed by atoms with Crippen LogP contribution in [0.15, 0.2) is 18.5 Å². The summed E-state index contributed by atoms with van der Waals surface area (Å²) in [6.45, 7) is 2.23. The Morgan fingerprint density at radius 3 is 2.75 bits per heavy atom. The maximum atomic E-state index is 12.6. The fraction of sp³-hybridized carbons (Fsp3) is 0.467. The highest BCUT2D eigenvalue weighted by Gasteiger charge is 2.33. The minimum Gasteiger partial charge on any atom is -0.350 e. The van der Waals surface area contributed by atoms with E-state index in [-0.39, 0.29) is 11.3 Å². The second-order valence-electron chi connectivity index (χ2n) is 5.74. The van der Waals surface area contributed by atoms with Crippen LogP contribution in [-0.2, 0) is 12.7 Å². The molecule has 0 spiro atoms. The van der Waals surface area contributed by atoms with Crippen LogP contribution in [0.5, 0.6) is 0 Å². The summed E-state index contributed by atoms with van der Waals surface area (Å²) in [5.41, 5.74) is -0.824. The first-order valence-electron chi connectivity index (χ1n) is 7.57. The Morgan fingerprint density at radius 2 is 2.12 bits per heavy atom. The summed E-state index contributed by atoms with van der Waals surface area (Å²) in [5.74, 6) is 0.913. The lowest BCUT2D eigenvalue weighted by molar-refractivity contribution is -0.141. The van der Waals surface area contributed by atoms with Crippen molar-refractivity contribution in [1.29, 1.82) is 0 Å². The zero-order valence-corrected chi connectivity index (χ0v) is 13.0. The van der Waals surface area contributed by atoms with Crippen molar-refractivity contribution in [3.63, 3.8) is 0 Å². The Balaban J connectivity index is 1.60. The van der Waals surface area contributed by atoms with Gasteiger partial charge in [-0.25, -0.2) is 4.98 Å². The summed E-state index contributed by atoms with van der Waals surface area (Å²) in [7, 11) is 0. The number of carbonyl (C=O) groups is 1. The molecule has 0 aliphatic heterocycles. The normalized spacial score (nSPS) is 14.7. The predicted molar refractivity (Wildman–Crippen MR) is 78.3 cm³/mol. The van der Waals surface area contributed by atoms with Crippen molar-refractivity contribution in [1.82, 2.24) is 25.1 Å². The van der Waals surface area contributed by atoms with Crippen molar-refractivity contribution in [2.45, 2.75) is 38.4 Å². The molecular formula is C15H16F3N5O. The van der Waals surface area contributed by atoms with Gasteiger partial charge in [-0.3, -0.25) is 4.79 Å². The minimum absolute atomic E-state index is 0.0466. The number of hydrogen-bond acceptors (Lipinski definition) is 4. The largest absolute Gasteiger partial charge is 0.433 e. The van der Waals surface area contributed by atoms with Crippen molar-refractivity contribution in [3.05, 3.63) is 41.2 Å². The molecule has 9 heteroatoms. The lowest BCUT2D eigenvalue weighted by Crippen LogP contribution is -2.28. The van der Waals surface area contributed by atoms with Gasteiger partial charge in [0.1, 0.15) is 17.8 Å². The van der Waals surface area contributed by atoms with Gasteiger partial charge in [0, 0.05) is 19.0 Å². The van der Waals surface area contributed by atoms with Crippen LogP contribution in [-0.4, -0.2) is 32.2 Å². The van der Waals surface area contributed by atoms with Crippen molar-refractivity contribution >= 4 is 5.91 Å². The van der Waals surface area contributed by atoms with E-state index in [1.54, 1.807) is 6.33 Å². The minimum atomic E-state index is -4.52. The van der Waals surface area contributed by atoms with Crippen LogP contribution in [0.2, 0.25) is 0 Å². The topological polar surface area (TPSA) is 72.7 Å².